The molecular weight excluding hydrogens is 240 g/mol. The van der Waals surface area contributed by atoms with Crippen LogP contribution in [0.4, 0.5) is 0 Å². The highest BCUT2D eigenvalue weighted by Gasteiger charge is 2.27. The molecular formula is C13H26N6. The molecule has 0 bridgehead atoms. The molecule has 0 amide bonds. The monoisotopic (exact) mass is 266 g/mol. The lowest BCUT2D eigenvalue weighted by atomic mass is 9.88. The zero-order valence-corrected chi connectivity index (χ0v) is 11.8. The third kappa shape index (κ3) is 4.31. The highest BCUT2D eigenvalue weighted by atomic mass is 15.2. The van der Waals surface area contributed by atoms with Gasteiger partial charge in [0, 0.05) is 19.1 Å². The Labute approximate surface area is 115 Å². The predicted octanol–water partition coefficient (Wildman–Crippen LogP) is 2.04. The average molecular weight is 266 g/mol. The van der Waals surface area contributed by atoms with Gasteiger partial charge in [0.1, 0.15) is 0 Å². The van der Waals surface area contributed by atoms with Crippen LogP contribution < -0.4 is 11.5 Å². The van der Waals surface area contributed by atoms with Crippen molar-refractivity contribution < 1.29 is 0 Å². The van der Waals surface area contributed by atoms with Gasteiger partial charge >= 0.3 is 0 Å². The molecule has 0 spiro atoms. The molecule has 2 aliphatic carbocycles. The maximum absolute atomic E-state index is 6.09. The Bertz CT molecular complexity index is 321. The first-order chi connectivity index (χ1) is 9.19. The number of azo groups is 2. The van der Waals surface area contributed by atoms with Crippen molar-refractivity contribution in [2.24, 2.45) is 31.9 Å². The maximum atomic E-state index is 6.09. The van der Waals surface area contributed by atoms with Crippen molar-refractivity contribution in [3.63, 3.8) is 0 Å². The summed E-state index contributed by atoms with van der Waals surface area (Å²) in [6, 6.07) is 1.25. The van der Waals surface area contributed by atoms with Gasteiger partial charge in [-0.2, -0.15) is 20.5 Å². The summed E-state index contributed by atoms with van der Waals surface area (Å²) in [7, 11) is 1.74. The molecule has 0 aromatic carbocycles. The van der Waals surface area contributed by atoms with Crippen LogP contribution in [-0.2, 0) is 0 Å². The molecule has 2 saturated carbocycles. The van der Waals surface area contributed by atoms with Crippen LogP contribution in [-0.4, -0.2) is 37.3 Å². The van der Waals surface area contributed by atoms with Crippen molar-refractivity contribution in [1.29, 1.82) is 0 Å². The van der Waals surface area contributed by atoms with Gasteiger partial charge in [0.2, 0.25) is 0 Å². The van der Waals surface area contributed by atoms with E-state index in [0.29, 0.717) is 12.1 Å². The van der Waals surface area contributed by atoms with Crippen molar-refractivity contribution in [3.05, 3.63) is 0 Å². The van der Waals surface area contributed by atoms with Gasteiger partial charge in [-0.25, -0.2) is 0 Å². The minimum absolute atomic E-state index is 0.0812. The summed E-state index contributed by atoms with van der Waals surface area (Å²) < 4.78 is 0. The van der Waals surface area contributed by atoms with E-state index in [-0.39, 0.29) is 18.1 Å². The summed E-state index contributed by atoms with van der Waals surface area (Å²) in [4.78, 5) is 0. The van der Waals surface area contributed by atoms with Crippen LogP contribution in [0.3, 0.4) is 0 Å². The van der Waals surface area contributed by atoms with Gasteiger partial charge in [-0.05, 0) is 44.9 Å². The number of hydrogen-bond donors (Lipinski definition) is 2. The van der Waals surface area contributed by atoms with Crippen LogP contribution in [0.2, 0.25) is 0 Å². The lowest BCUT2D eigenvalue weighted by Gasteiger charge is -2.29. The summed E-state index contributed by atoms with van der Waals surface area (Å²) in [5.41, 5.74) is 12.0. The van der Waals surface area contributed by atoms with E-state index in [1.165, 1.54) is 0 Å². The molecule has 2 rings (SSSR count). The molecule has 0 radical (unpaired) electrons. The van der Waals surface area contributed by atoms with Crippen LogP contribution >= 0.6 is 0 Å². The van der Waals surface area contributed by atoms with E-state index in [9.17, 15) is 0 Å². The van der Waals surface area contributed by atoms with Crippen LogP contribution in [0, 0.1) is 0 Å². The zero-order chi connectivity index (χ0) is 13.7. The van der Waals surface area contributed by atoms with Crippen molar-refractivity contribution in [2.45, 2.75) is 75.2 Å². The van der Waals surface area contributed by atoms with Gasteiger partial charge in [-0.1, -0.05) is 0 Å². The topological polar surface area (TPSA) is 101 Å². The second-order valence-corrected chi connectivity index (χ2v) is 5.81. The Kier molecular flexibility index (Phi) is 5.39. The molecule has 0 aromatic heterocycles. The number of nitrogens with zero attached hydrogens (tertiary/aromatic N) is 4. The van der Waals surface area contributed by atoms with Crippen molar-refractivity contribution in [2.75, 3.05) is 7.05 Å². The first-order valence-corrected chi connectivity index (χ1v) is 7.39. The van der Waals surface area contributed by atoms with E-state index >= 15 is 0 Å². The lowest BCUT2D eigenvalue weighted by molar-refractivity contribution is 0.324. The Hall–Kier alpha value is -0.880. The second-order valence-electron chi connectivity index (χ2n) is 5.81. The summed E-state index contributed by atoms with van der Waals surface area (Å²) in [5, 5.41) is 17.1. The second kappa shape index (κ2) is 7.05. The minimum atomic E-state index is 0.0812. The molecule has 6 heteroatoms. The van der Waals surface area contributed by atoms with E-state index in [1.54, 1.807) is 7.05 Å². The maximum Gasteiger partial charge on any atom is 0.0860 e. The number of nitrogens with two attached hydrogens (primary N) is 2. The molecule has 6 nitrogen and oxygen atoms in total. The number of hydrogen-bond acceptors (Lipinski definition) is 6. The Morgan fingerprint density at radius 3 is 2.00 bits per heavy atom. The smallest absolute Gasteiger partial charge is 0.0860 e. The van der Waals surface area contributed by atoms with Gasteiger partial charge < -0.3 is 11.5 Å². The molecule has 2 fully saturated rings. The molecule has 0 saturated heterocycles. The van der Waals surface area contributed by atoms with Crippen LogP contribution in [0.5, 0.6) is 0 Å². The van der Waals surface area contributed by atoms with E-state index < -0.39 is 0 Å². The standard InChI is InChI=1S/C13H26N6/c1-16-17-10-3-5-11(6-4-10)18-19-13-7-2-9(14)8-12(13)15/h9-13H,2-8,14-15H2,1H3. The quantitative estimate of drug-likeness (QED) is 0.763. The third-order valence-electron chi connectivity index (χ3n) is 4.23. The van der Waals surface area contributed by atoms with Crippen LogP contribution in [0.1, 0.15) is 44.9 Å². The summed E-state index contributed by atoms with van der Waals surface area (Å²) in [6.45, 7) is 0. The normalized spacial score (nSPS) is 41.1. The Balaban J connectivity index is 1.77. The largest absolute Gasteiger partial charge is 0.328 e. The lowest BCUT2D eigenvalue weighted by Crippen LogP contribution is -2.44. The van der Waals surface area contributed by atoms with Crippen LogP contribution in [0.25, 0.3) is 0 Å². The number of rotatable bonds is 3. The fourth-order valence-corrected chi connectivity index (χ4v) is 3.00. The Morgan fingerprint density at radius 1 is 0.789 bits per heavy atom. The molecule has 108 valence electrons. The molecule has 19 heavy (non-hydrogen) atoms. The predicted molar refractivity (Wildman–Crippen MR) is 75.3 cm³/mol. The fraction of sp³-hybridized carbons (Fsp3) is 1.00. The molecule has 2 aliphatic rings. The average Bonchev–Trinajstić information content (AvgIpc) is 2.40. The van der Waals surface area contributed by atoms with Gasteiger partial charge in [0.25, 0.3) is 0 Å². The molecule has 4 N–H and O–H groups in total. The van der Waals surface area contributed by atoms with Crippen molar-refractivity contribution >= 4 is 0 Å². The molecule has 0 aliphatic heterocycles. The van der Waals surface area contributed by atoms with Crippen molar-refractivity contribution in [1.82, 2.24) is 0 Å². The highest BCUT2D eigenvalue weighted by molar-refractivity contribution is 4.89. The molecule has 0 heterocycles. The van der Waals surface area contributed by atoms with E-state index in [4.69, 9.17) is 11.5 Å². The first kappa shape index (κ1) is 14.5. The van der Waals surface area contributed by atoms with E-state index in [2.05, 4.69) is 20.5 Å². The van der Waals surface area contributed by atoms with Crippen LogP contribution in [0.15, 0.2) is 20.5 Å². The molecule has 3 atom stereocenters. The summed E-state index contributed by atoms with van der Waals surface area (Å²) in [6.07, 6.45) is 7.13. The zero-order valence-electron chi connectivity index (χ0n) is 11.8. The SMILES string of the molecule is CN=NC1CCC(N=NC2CCC(N)CC2N)CC1. The van der Waals surface area contributed by atoms with Gasteiger partial charge in [0.15, 0.2) is 0 Å². The van der Waals surface area contributed by atoms with Gasteiger partial charge in [-0.3, -0.25) is 0 Å². The molecule has 0 aromatic rings. The Morgan fingerprint density at radius 2 is 1.42 bits per heavy atom. The van der Waals surface area contributed by atoms with Crippen molar-refractivity contribution in [3.8, 4) is 0 Å². The van der Waals surface area contributed by atoms with E-state index in [1.807, 2.05) is 0 Å². The summed E-state index contributed by atoms with van der Waals surface area (Å²) >= 11 is 0. The molecule has 3 unspecified atom stereocenters. The minimum Gasteiger partial charge on any atom is -0.328 e. The van der Waals surface area contributed by atoms with E-state index in [0.717, 1.165) is 44.9 Å². The summed E-state index contributed by atoms with van der Waals surface area (Å²) in [5.74, 6) is 0. The van der Waals surface area contributed by atoms with Gasteiger partial charge in [-0.15, -0.1) is 0 Å². The highest BCUT2D eigenvalue weighted by Crippen LogP contribution is 2.25. The first-order valence-electron chi connectivity index (χ1n) is 7.39. The fourth-order valence-electron chi connectivity index (χ4n) is 3.00. The van der Waals surface area contributed by atoms with Gasteiger partial charge in [0.05, 0.1) is 18.1 Å². The third-order valence-corrected chi connectivity index (χ3v) is 4.23.